The van der Waals surface area contributed by atoms with Crippen LogP contribution in [0.5, 0.6) is 0 Å². The summed E-state index contributed by atoms with van der Waals surface area (Å²) in [6.07, 6.45) is 7.04. The highest BCUT2D eigenvalue weighted by atomic mass is 15.0. The maximum absolute atomic E-state index is 2.63. The van der Waals surface area contributed by atoms with Crippen molar-refractivity contribution in [3.05, 3.63) is 231 Å². The number of fused-ring (bicyclic) bond motifs is 20. The predicted molar refractivity (Wildman–Crippen MR) is 324 cm³/mol. The first kappa shape index (κ1) is 44.2. The fourth-order valence-electron chi connectivity index (χ4n) is 16.7. The summed E-state index contributed by atoms with van der Waals surface area (Å²) in [5.74, 6) is 0. The second-order valence-corrected chi connectivity index (χ2v) is 26.4. The van der Waals surface area contributed by atoms with Crippen LogP contribution in [0.1, 0.15) is 138 Å². The maximum Gasteiger partial charge on any atom is 0.0544 e. The quantitative estimate of drug-likeness (QED) is 0.163. The summed E-state index contributed by atoms with van der Waals surface area (Å²) in [5, 5.41) is 5.29. The Balaban J connectivity index is 0.868. The fraction of sp³-hybridized carbons (Fsp3) is 0.227. The van der Waals surface area contributed by atoms with Crippen LogP contribution >= 0.6 is 0 Å². The van der Waals surface area contributed by atoms with Gasteiger partial charge in [-0.05, 0) is 191 Å². The summed E-state index contributed by atoms with van der Waals surface area (Å²) in [7, 11) is 0. The molecule has 0 unspecified atom stereocenters. The molecule has 2 nitrogen and oxygen atoms in total. The van der Waals surface area contributed by atoms with Gasteiger partial charge in [0, 0.05) is 60.0 Å². The van der Waals surface area contributed by atoms with E-state index in [2.05, 4.69) is 248 Å². The van der Waals surface area contributed by atoms with Gasteiger partial charge in [-0.3, -0.25) is 0 Å². The van der Waals surface area contributed by atoms with Gasteiger partial charge in [0.05, 0.1) is 22.1 Å². The van der Waals surface area contributed by atoms with E-state index in [-0.39, 0.29) is 27.1 Å². The Labute approximate surface area is 452 Å². The number of benzene rings is 9. The summed E-state index contributed by atoms with van der Waals surface area (Å²) in [6, 6.07) is 62.5. The second-order valence-electron chi connectivity index (χ2n) is 26.4. The van der Waals surface area contributed by atoms with Crippen LogP contribution < -0.4 is 0 Å². The van der Waals surface area contributed by atoms with Crippen LogP contribution in [0, 0.1) is 0 Å². The molecule has 2 heterocycles. The molecule has 0 aliphatic heterocycles. The van der Waals surface area contributed by atoms with Crippen molar-refractivity contribution in [3.8, 4) is 55.9 Å². The molecule has 9 aromatic carbocycles. The van der Waals surface area contributed by atoms with E-state index in [4.69, 9.17) is 0 Å². The van der Waals surface area contributed by atoms with Crippen LogP contribution in [-0.4, -0.2) is 9.13 Å². The minimum atomic E-state index is -0.270. The van der Waals surface area contributed by atoms with Crippen LogP contribution in [0.3, 0.4) is 0 Å². The first-order valence-corrected chi connectivity index (χ1v) is 28.3. The summed E-state index contributed by atoms with van der Waals surface area (Å²) < 4.78 is 5.25. The van der Waals surface area contributed by atoms with Gasteiger partial charge >= 0.3 is 0 Å². The zero-order valence-electron chi connectivity index (χ0n) is 46.0. The molecule has 372 valence electrons. The lowest BCUT2D eigenvalue weighted by Gasteiger charge is -2.26. The SMILES string of the molecule is CC1(C)C2=C(C=CCC2)c2cc3c4cc5c(cc4n(-c4ccc6c(c4)C(C)(C)c4cc(-n7c8cc9c(cc8c8cc%10c(cc87)C(C)(C)c7ccccc7-%10)-c7ccccc7C9(C)C)ccc4-6)c3cc21)C(C)(C)c1ccccc1-5. The van der Waals surface area contributed by atoms with Crippen LogP contribution in [0.15, 0.2) is 175 Å². The molecule has 0 amide bonds. The highest BCUT2D eigenvalue weighted by Crippen LogP contribution is 2.58. The zero-order valence-corrected chi connectivity index (χ0v) is 46.0. The van der Waals surface area contributed by atoms with E-state index in [1.54, 1.807) is 5.57 Å². The van der Waals surface area contributed by atoms with E-state index in [1.807, 2.05) is 0 Å². The number of nitrogens with zero attached hydrogens (tertiary/aromatic N) is 2. The lowest BCUT2D eigenvalue weighted by molar-refractivity contribution is 0.608. The van der Waals surface area contributed by atoms with Crippen molar-refractivity contribution in [2.45, 2.75) is 109 Å². The third kappa shape index (κ3) is 5.24. The van der Waals surface area contributed by atoms with Crippen molar-refractivity contribution < 1.29 is 0 Å². The lowest BCUT2D eigenvalue weighted by Crippen LogP contribution is -2.18. The van der Waals surface area contributed by atoms with Crippen molar-refractivity contribution in [3.63, 3.8) is 0 Å². The van der Waals surface area contributed by atoms with Crippen LogP contribution in [0.2, 0.25) is 0 Å². The first-order valence-electron chi connectivity index (χ1n) is 28.3. The third-order valence-electron chi connectivity index (χ3n) is 20.8. The van der Waals surface area contributed by atoms with E-state index in [0.717, 1.165) is 12.8 Å². The van der Waals surface area contributed by atoms with E-state index < -0.39 is 0 Å². The predicted octanol–water partition coefficient (Wildman–Crippen LogP) is 19.5. The Morgan fingerprint density at radius 3 is 1.03 bits per heavy atom. The minimum Gasteiger partial charge on any atom is -0.309 e. The van der Waals surface area contributed by atoms with Crippen LogP contribution in [0.4, 0.5) is 0 Å². The van der Waals surface area contributed by atoms with Crippen LogP contribution in [-0.2, 0) is 27.1 Å². The van der Waals surface area contributed by atoms with Crippen molar-refractivity contribution >= 4 is 49.2 Å². The molecule has 6 aliphatic carbocycles. The Bertz CT molecular complexity index is 4570. The smallest absolute Gasteiger partial charge is 0.0544 e. The molecule has 11 aromatic rings. The van der Waals surface area contributed by atoms with E-state index in [9.17, 15) is 0 Å². The standard InChI is InChI=1S/C75H62N2/c1-71(2)57-23-15-11-19-43(57)49-33-53-54-34-50-44-20-12-16-24-58(44)72(3,4)64(50)38-68(54)76(67(53)37-63(49)71)41-27-29-47-48-30-28-42(32-62(48)75(9,10)61(47)31-41)77-69-39-65-51(45-21-13-17-25-59(45)73(65,5)6)35-55(69)56-36-52-46-22-14-18-26-60(46)74(7,8)66(52)40-70(56)77/h11-17,19-25,27-40H,18,26H2,1-10H3. The Morgan fingerprint density at radius 1 is 0.299 bits per heavy atom. The monoisotopic (exact) mass is 990 g/mol. The van der Waals surface area contributed by atoms with Gasteiger partial charge in [0.2, 0.25) is 0 Å². The van der Waals surface area contributed by atoms with Gasteiger partial charge < -0.3 is 9.13 Å². The van der Waals surface area contributed by atoms with E-state index >= 15 is 0 Å². The number of allylic oxidation sites excluding steroid dienone is 4. The largest absolute Gasteiger partial charge is 0.309 e. The highest BCUT2D eigenvalue weighted by Gasteiger charge is 2.43. The molecule has 0 atom stereocenters. The number of rotatable bonds is 2. The van der Waals surface area contributed by atoms with Gasteiger partial charge in [0.1, 0.15) is 0 Å². The molecular weight excluding hydrogens is 929 g/mol. The van der Waals surface area contributed by atoms with E-state index in [0.29, 0.717) is 0 Å². The Kier molecular flexibility index (Phi) is 8.02. The Hall–Kier alpha value is -7.94. The number of hydrogen-bond donors (Lipinski definition) is 0. The van der Waals surface area contributed by atoms with Gasteiger partial charge in [0.15, 0.2) is 0 Å². The third-order valence-corrected chi connectivity index (χ3v) is 20.8. The lowest BCUT2D eigenvalue weighted by atomic mass is 9.78. The molecule has 2 aromatic heterocycles. The van der Waals surface area contributed by atoms with Crippen molar-refractivity contribution in [1.29, 1.82) is 0 Å². The Morgan fingerprint density at radius 2 is 0.623 bits per heavy atom. The van der Waals surface area contributed by atoms with Gasteiger partial charge in [-0.1, -0.05) is 172 Å². The van der Waals surface area contributed by atoms with Gasteiger partial charge in [-0.15, -0.1) is 0 Å². The first-order chi connectivity index (χ1) is 37.0. The molecule has 0 radical (unpaired) electrons. The molecular formula is C75H62N2. The van der Waals surface area contributed by atoms with Gasteiger partial charge in [0.25, 0.3) is 0 Å². The molecule has 0 saturated heterocycles. The van der Waals surface area contributed by atoms with Crippen molar-refractivity contribution in [2.75, 3.05) is 0 Å². The molecule has 0 saturated carbocycles. The van der Waals surface area contributed by atoms with Gasteiger partial charge in [-0.2, -0.15) is 0 Å². The average molecular weight is 991 g/mol. The summed E-state index contributed by atoms with van der Waals surface area (Å²) in [6.45, 7) is 24.3. The summed E-state index contributed by atoms with van der Waals surface area (Å²) in [4.78, 5) is 0. The second kappa shape index (κ2) is 14.0. The molecule has 17 rings (SSSR count). The fourth-order valence-corrected chi connectivity index (χ4v) is 16.7. The molecule has 77 heavy (non-hydrogen) atoms. The van der Waals surface area contributed by atoms with Crippen molar-refractivity contribution in [1.82, 2.24) is 9.13 Å². The van der Waals surface area contributed by atoms with E-state index in [1.165, 1.54) is 161 Å². The molecule has 6 aliphatic rings. The molecule has 0 N–H and O–H groups in total. The topological polar surface area (TPSA) is 9.86 Å². The van der Waals surface area contributed by atoms with Gasteiger partial charge in [-0.25, -0.2) is 0 Å². The summed E-state index contributed by atoms with van der Waals surface area (Å²) >= 11 is 0. The minimum absolute atomic E-state index is 0.0360. The number of aromatic nitrogens is 2. The molecule has 0 fully saturated rings. The summed E-state index contributed by atoms with van der Waals surface area (Å²) in [5.41, 5.74) is 34.9. The molecule has 2 heteroatoms. The number of hydrogen-bond acceptors (Lipinski definition) is 0. The highest BCUT2D eigenvalue weighted by molar-refractivity contribution is 6.15. The van der Waals surface area contributed by atoms with Crippen LogP contribution in [0.25, 0.3) is 105 Å². The zero-order chi connectivity index (χ0) is 52.2. The normalized spacial score (nSPS) is 18.3. The average Bonchev–Trinajstić information content (AvgIpc) is 4.26. The van der Waals surface area contributed by atoms with Crippen molar-refractivity contribution in [2.24, 2.45) is 0 Å². The molecule has 0 spiro atoms. The molecule has 0 bridgehead atoms. The maximum atomic E-state index is 2.63.